The first-order valence-corrected chi connectivity index (χ1v) is 12.7. The van der Waals surface area contributed by atoms with Gasteiger partial charge in [0.05, 0.1) is 18.8 Å². The van der Waals surface area contributed by atoms with Gasteiger partial charge in [0.25, 0.3) is 0 Å². The molecular formula is C23H32FN4O6P. The number of aliphatic imine (C=N–C) groups is 1. The third-order valence-electron chi connectivity index (χ3n) is 5.13. The summed E-state index contributed by atoms with van der Waals surface area (Å²) >= 11 is 0. The number of nitrogens with one attached hydrogen (secondary N) is 1. The van der Waals surface area contributed by atoms with Gasteiger partial charge in [-0.3, -0.25) is 9.32 Å². The van der Waals surface area contributed by atoms with Crippen LogP contribution < -0.4 is 15.3 Å². The first kappa shape index (κ1) is 26.9. The van der Waals surface area contributed by atoms with Gasteiger partial charge in [0.15, 0.2) is 11.9 Å². The molecule has 0 aliphatic carbocycles. The van der Waals surface area contributed by atoms with Crippen LogP contribution in [0.3, 0.4) is 0 Å². The number of amidine groups is 1. The lowest BCUT2D eigenvalue weighted by atomic mass is 10.0. The highest BCUT2D eigenvalue weighted by Crippen LogP contribution is 2.46. The highest BCUT2D eigenvalue weighted by molar-refractivity contribution is 7.52. The second-order valence-corrected chi connectivity index (χ2v) is 10.5. The van der Waals surface area contributed by atoms with E-state index in [1.54, 1.807) is 50.4 Å². The fourth-order valence-electron chi connectivity index (χ4n) is 3.59. The average Bonchev–Trinajstić information content (AvgIpc) is 3.06. The maximum atomic E-state index is 15.4. The maximum absolute atomic E-state index is 15.4. The van der Waals surface area contributed by atoms with Gasteiger partial charge in [-0.15, -0.1) is 0 Å². The quantitative estimate of drug-likeness (QED) is 0.359. The van der Waals surface area contributed by atoms with Crippen molar-refractivity contribution in [2.45, 2.75) is 64.3 Å². The van der Waals surface area contributed by atoms with Gasteiger partial charge in [-0.25, -0.2) is 13.9 Å². The van der Waals surface area contributed by atoms with E-state index in [2.05, 4.69) is 16.7 Å². The molecule has 2 aliphatic heterocycles. The minimum atomic E-state index is -4.10. The molecule has 1 aromatic rings. The number of nitrogens with zero attached hydrogens (tertiary/aromatic N) is 2. The van der Waals surface area contributed by atoms with Crippen LogP contribution in [0.4, 0.5) is 4.39 Å². The molecule has 1 saturated heterocycles. The molecule has 0 aromatic heterocycles. The van der Waals surface area contributed by atoms with Gasteiger partial charge in [0.2, 0.25) is 0 Å². The summed E-state index contributed by atoms with van der Waals surface area (Å²) in [6.45, 7) is 9.80. The number of carbonyl (C=O) groups excluding carboxylic acids is 1. The van der Waals surface area contributed by atoms with E-state index in [-0.39, 0.29) is 36.5 Å². The van der Waals surface area contributed by atoms with Crippen molar-refractivity contribution in [1.29, 1.82) is 0 Å². The highest BCUT2D eigenvalue weighted by Gasteiger charge is 2.50. The lowest BCUT2D eigenvalue weighted by Gasteiger charge is -2.33. The molecule has 1 aromatic carbocycles. The van der Waals surface area contributed by atoms with Crippen LogP contribution in [0.2, 0.25) is 0 Å². The molecule has 10 nitrogen and oxygen atoms in total. The number of nitrogens with two attached hydrogens (primary N) is 1. The van der Waals surface area contributed by atoms with Gasteiger partial charge in [-0.1, -0.05) is 24.8 Å². The number of hydrogen-bond acceptors (Lipinski definition) is 9. The molecule has 192 valence electrons. The molecule has 2 heterocycles. The Hall–Kier alpha value is -2.72. The van der Waals surface area contributed by atoms with Crippen molar-refractivity contribution in [2.75, 3.05) is 6.61 Å². The number of hydrogen-bond donors (Lipinski definition) is 2. The topological polar surface area (TPSA) is 125 Å². The first-order chi connectivity index (χ1) is 16.4. The third kappa shape index (κ3) is 7.14. The first-order valence-electron chi connectivity index (χ1n) is 11.2. The van der Waals surface area contributed by atoms with Gasteiger partial charge in [-0.05, 0) is 45.9 Å². The minimum Gasteiger partial charge on any atom is -0.462 e. The van der Waals surface area contributed by atoms with Crippen molar-refractivity contribution in [3.8, 4) is 5.75 Å². The number of ether oxygens (including phenoxy) is 2. The number of esters is 1. The van der Waals surface area contributed by atoms with E-state index in [0.717, 1.165) is 0 Å². The fourth-order valence-corrected chi connectivity index (χ4v) is 5.11. The van der Waals surface area contributed by atoms with Crippen molar-refractivity contribution < 1.29 is 32.3 Å². The number of carbonyl (C=O) groups is 1. The van der Waals surface area contributed by atoms with Crippen molar-refractivity contribution in [1.82, 2.24) is 9.99 Å². The Morgan fingerprint density at radius 3 is 2.71 bits per heavy atom. The summed E-state index contributed by atoms with van der Waals surface area (Å²) < 4.78 is 51.3. The predicted molar refractivity (Wildman–Crippen MR) is 129 cm³/mol. The standard InChI is InChI=1S/C23H32FN4O6P/c1-15(2)32-21(29)16(3)27-35(30,34-18-9-7-6-8-10-18)31-14-19-13-23(5,24)22(33-19)28-12-11-20(25)26-17(28)4/h6-12,15-16,19,22H,4,13-14H2,1-3,5H3,(H2,25,26)(H,27,30)/t16-,19+,22-,23-,35?/m1/s1. The maximum Gasteiger partial charge on any atom is 0.459 e. The van der Waals surface area contributed by atoms with Crippen LogP contribution in [0.5, 0.6) is 5.75 Å². The molecule has 35 heavy (non-hydrogen) atoms. The molecule has 1 unspecified atom stereocenters. The second kappa shape index (κ2) is 10.9. The molecule has 5 atom stereocenters. The summed E-state index contributed by atoms with van der Waals surface area (Å²) in [6, 6.07) is 7.35. The molecule has 2 aliphatic rings. The van der Waals surface area contributed by atoms with Crippen molar-refractivity contribution >= 4 is 19.6 Å². The van der Waals surface area contributed by atoms with Crippen molar-refractivity contribution in [3.63, 3.8) is 0 Å². The molecule has 0 radical (unpaired) electrons. The van der Waals surface area contributed by atoms with Gasteiger partial charge >= 0.3 is 13.7 Å². The molecule has 1 fully saturated rings. The summed E-state index contributed by atoms with van der Waals surface area (Å²) in [6.07, 6.45) is 0.840. The van der Waals surface area contributed by atoms with Gasteiger partial charge in [0, 0.05) is 12.6 Å². The number of para-hydroxylation sites is 1. The molecule has 12 heteroatoms. The van der Waals surface area contributed by atoms with Gasteiger partial charge < -0.3 is 24.6 Å². The Balaban J connectivity index is 1.71. The normalized spacial score (nSPS) is 26.9. The molecule has 3 rings (SSSR count). The second-order valence-electron chi connectivity index (χ2n) is 8.80. The fraction of sp³-hybridized carbons (Fsp3) is 0.478. The van der Waals surface area contributed by atoms with Crippen LogP contribution in [0.1, 0.15) is 34.1 Å². The van der Waals surface area contributed by atoms with Crippen LogP contribution in [0.15, 0.2) is 60.0 Å². The minimum absolute atomic E-state index is 0.0508. The van der Waals surface area contributed by atoms with E-state index in [4.69, 9.17) is 24.3 Å². The summed E-state index contributed by atoms with van der Waals surface area (Å²) in [4.78, 5) is 17.8. The van der Waals surface area contributed by atoms with Crippen LogP contribution in [-0.4, -0.2) is 53.5 Å². The Morgan fingerprint density at radius 1 is 1.40 bits per heavy atom. The zero-order valence-corrected chi connectivity index (χ0v) is 21.1. The van der Waals surface area contributed by atoms with Gasteiger partial charge in [0.1, 0.15) is 23.4 Å². The van der Waals surface area contributed by atoms with Gasteiger partial charge in [-0.2, -0.15) is 5.09 Å². The summed E-state index contributed by atoms with van der Waals surface area (Å²) in [5.41, 5.74) is 3.87. The lowest BCUT2D eigenvalue weighted by Crippen LogP contribution is -2.43. The molecule has 0 spiro atoms. The van der Waals surface area contributed by atoms with Crippen LogP contribution in [-0.2, 0) is 23.4 Å². The number of rotatable bonds is 10. The van der Waals surface area contributed by atoms with Crippen LogP contribution in [0, 0.1) is 0 Å². The van der Waals surface area contributed by atoms with Crippen molar-refractivity contribution in [3.05, 3.63) is 55.0 Å². The molecule has 0 saturated carbocycles. The van der Waals surface area contributed by atoms with E-state index < -0.39 is 37.8 Å². The summed E-state index contributed by atoms with van der Waals surface area (Å²) in [5.74, 6) is 0.125. The SMILES string of the molecule is C=C1N=C(N)C=CN1[C@@H]1O[C@H](COP(=O)(N[C@H](C)C(=O)OC(C)C)Oc2ccccc2)C[C@@]1(C)F. The molecule has 3 N–H and O–H groups in total. The number of alkyl halides is 1. The summed E-state index contributed by atoms with van der Waals surface area (Å²) in [7, 11) is -4.10. The van der Waals surface area contributed by atoms with E-state index in [1.165, 1.54) is 24.8 Å². The molecular weight excluding hydrogens is 478 g/mol. The Kier molecular flexibility index (Phi) is 8.38. The third-order valence-corrected chi connectivity index (χ3v) is 6.78. The smallest absolute Gasteiger partial charge is 0.459 e. The number of halogens is 1. The van der Waals surface area contributed by atoms with Crippen LogP contribution in [0.25, 0.3) is 0 Å². The largest absolute Gasteiger partial charge is 0.462 e. The highest BCUT2D eigenvalue weighted by atomic mass is 31.2. The van der Waals surface area contributed by atoms with Crippen molar-refractivity contribution in [2.24, 2.45) is 10.7 Å². The predicted octanol–water partition coefficient (Wildman–Crippen LogP) is 3.62. The lowest BCUT2D eigenvalue weighted by molar-refractivity contribution is -0.149. The Morgan fingerprint density at radius 2 is 2.09 bits per heavy atom. The van der Waals surface area contributed by atoms with E-state index >= 15 is 4.39 Å². The average molecular weight is 511 g/mol. The summed E-state index contributed by atoms with van der Waals surface area (Å²) in [5, 5.41) is 2.60. The Bertz CT molecular complexity index is 1030. The monoisotopic (exact) mass is 510 g/mol. The molecule has 0 amide bonds. The van der Waals surface area contributed by atoms with Crippen LogP contribution >= 0.6 is 7.75 Å². The zero-order valence-electron chi connectivity index (χ0n) is 20.2. The van der Waals surface area contributed by atoms with E-state index in [9.17, 15) is 9.36 Å². The van der Waals surface area contributed by atoms with E-state index in [1.807, 2.05) is 0 Å². The zero-order chi connectivity index (χ0) is 25.8. The van der Waals surface area contributed by atoms with E-state index in [0.29, 0.717) is 0 Å². The Labute approximate surface area is 204 Å². The molecule has 0 bridgehead atoms. The number of benzene rings is 1.